The summed E-state index contributed by atoms with van der Waals surface area (Å²) < 4.78 is 4.83. The molecule has 3 rings (SSSR count). The maximum absolute atomic E-state index is 13.4. The van der Waals surface area contributed by atoms with Gasteiger partial charge in [-0.3, -0.25) is 9.59 Å². The van der Waals surface area contributed by atoms with Crippen molar-refractivity contribution >= 4 is 40.5 Å². The van der Waals surface area contributed by atoms with Crippen LogP contribution in [0.15, 0.2) is 102 Å². The molecule has 0 saturated heterocycles. The fourth-order valence-electron chi connectivity index (χ4n) is 3.03. The van der Waals surface area contributed by atoms with E-state index in [2.05, 4.69) is 4.99 Å². The second-order valence-corrected chi connectivity index (χ2v) is 6.91. The number of amides is 1. The van der Waals surface area contributed by atoms with Crippen molar-refractivity contribution in [1.29, 1.82) is 0 Å². The third kappa shape index (κ3) is 5.40. The molecule has 3 aromatic rings. The zero-order valence-corrected chi connectivity index (χ0v) is 18.1. The number of ketones is 1. The number of aliphatic hydroxyl groups excluding tert-OH is 1. The molecule has 7 heteroatoms. The highest BCUT2D eigenvalue weighted by molar-refractivity contribution is 6.62. The monoisotopic (exact) mass is 442 g/mol. The van der Waals surface area contributed by atoms with E-state index in [9.17, 15) is 19.5 Å². The molecule has 0 aliphatic heterocycles. The minimum Gasteiger partial charge on any atom is -0.506 e. The molecular weight excluding hydrogens is 420 g/mol. The number of aliphatic hydroxyl groups is 1. The maximum Gasteiger partial charge on any atom is 0.357 e. The molecule has 0 aliphatic rings. The van der Waals surface area contributed by atoms with E-state index < -0.39 is 34.7 Å². The zero-order valence-electron chi connectivity index (χ0n) is 18.1. The average Bonchev–Trinajstić information content (AvgIpc) is 2.88. The predicted octanol–water partition coefficient (Wildman–Crippen LogP) is 4.13. The first-order valence-electron chi connectivity index (χ1n) is 10.0. The molecule has 0 bridgehead atoms. The lowest BCUT2D eigenvalue weighted by atomic mass is 9.98. The Kier molecular flexibility index (Phi) is 7.49. The molecule has 0 aromatic heterocycles. The van der Waals surface area contributed by atoms with Gasteiger partial charge in [-0.15, -0.1) is 0 Å². The van der Waals surface area contributed by atoms with Crippen LogP contribution in [0.2, 0.25) is 0 Å². The van der Waals surface area contributed by atoms with E-state index in [1.54, 1.807) is 91.0 Å². The van der Waals surface area contributed by atoms with Crippen LogP contribution in [0.3, 0.4) is 0 Å². The summed E-state index contributed by atoms with van der Waals surface area (Å²) in [6, 6.07) is 25.0. The highest BCUT2D eigenvalue weighted by atomic mass is 16.5. The van der Waals surface area contributed by atoms with Gasteiger partial charge in [0.05, 0.1) is 12.8 Å². The molecule has 0 saturated carbocycles. The molecule has 0 atom stereocenters. The van der Waals surface area contributed by atoms with E-state index in [1.165, 1.54) is 7.05 Å². The number of anilines is 1. The number of hydrogen-bond acceptors (Lipinski definition) is 6. The molecule has 3 aromatic carbocycles. The quantitative estimate of drug-likeness (QED) is 0.195. The van der Waals surface area contributed by atoms with Crippen LogP contribution < -0.4 is 4.90 Å². The molecule has 7 nitrogen and oxygen atoms in total. The van der Waals surface area contributed by atoms with E-state index in [0.717, 1.165) is 12.0 Å². The second-order valence-electron chi connectivity index (χ2n) is 6.91. The molecule has 0 unspecified atom stereocenters. The van der Waals surface area contributed by atoms with Gasteiger partial charge in [-0.2, -0.15) is 0 Å². The summed E-state index contributed by atoms with van der Waals surface area (Å²) in [5, 5.41) is 11.0. The highest BCUT2D eigenvalue weighted by Gasteiger charge is 2.34. The largest absolute Gasteiger partial charge is 0.506 e. The van der Waals surface area contributed by atoms with Gasteiger partial charge in [-0.25, -0.2) is 9.79 Å². The summed E-state index contributed by atoms with van der Waals surface area (Å²) in [4.78, 5) is 44.6. The Morgan fingerprint density at radius 1 is 0.818 bits per heavy atom. The van der Waals surface area contributed by atoms with Crippen molar-refractivity contribution in [2.75, 3.05) is 19.1 Å². The molecule has 0 aliphatic carbocycles. The first kappa shape index (κ1) is 23.1. The summed E-state index contributed by atoms with van der Waals surface area (Å²) in [5.74, 6) is -3.60. The van der Waals surface area contributed by atoms with E-state index in [4.69, 9.17) is 4.74 Å². The van der Waals surface area contributed by atoms with E-state index in [-0.39, 0.29) is 5.56 Å². The predicted molar refractivity (Wildman–Crippen MR) is 126 cm³/mol. The van der Waals surface area contributed by atoms with Crippen molar-refractivity contribution < 1.29 is 24.2 Å². The number of benzene rings is 3. The number of Topliss-reactive ketones (excluding diaryl/α,β-unsaturated/α-hetero) is 1. The molecule has 0 spiro atoms. The highest BCUT2D eigenvalue weighted by Crippen LogP contribution is 2.23. The lowest BCUT2D eigenvalue weighted by molar-refractivity contribution is -0.134. The molecule has 1 amide bonds. The third-order valence-electron chi connectivity index (χ3n) is 4.77. The number of para-hydroxylation sites is 2. The Morgan fingerprint density at radius 3 is 1.88 bits per heavy atom. The minimum absolute atomic E-state index is 0.237. The van der Waals surface area contributed by atoms with Gasteiger partial charge in [0.15, 0.2) is 5.71 Å². The van der Waals surface area contributed by atoms with Crippen molar-refractivity contribution in [3.05, 3.63) is 102 Å². The van der Waals surface area contributed by atoms with Crippen LogP contribution in [0.4, 0.5) is 11.4 Å². The van der Waals surface area contributed by atoms with Crippen LogP contribution in [0.25, 0.3) is 5.76 Å². The zero-order chi connectivity index (χ0) is 23.8. The van der Waals surface area contributed by atoms with Crippen LogP contribution in [-0.2, 0) is 19.1 Å². The van der Waals surface area contributed by atoms with Crippen molar-refractivity contribution in [2.45, 2.75) is 0 Å². The smallest absolute Gasteiger partial charge is 0.357 e. The number of carbonyl (C=O) groups excluding carboxylic acids is 3. The summed E-state index contributed by atoms with van der Waals surface area (Å²) >= 11 is 0. The molecule has 0 radical (unpaired) electrons. The Morgan fingerprint density at radius 2 is 1.33 bits per heavy atom. The van der Waals surface area contributed by atoms with Crippen LogP contribution in [0.1, 0.15) is 5.56 Å². The number of carbonyl (C=O) groups is 3. The summed E-state index contributed by atoms with van der Waals surface area (Å²) in [6.45, 7) is 0. The first-order chi connectivity index (χ1) is 15.9. The van der Waals surface area contributed by atoms with E-state index >= 15 is 0 Å². The Balaban J connectivity index is 2.19. The fraction of sp³-hybridized carbons (Fsp3) is 0.0769. The van der Waals surface area contributed by atoms with Gasteiger partial charge >= 0.3 is 5.97 Å². The number of likely N-dealkylation sites (N-methyl/N-ethyl adjacent to an activating group) is 1. The van der Waals surface area contributed by atoms with Gasteiger partial charge < -0.3 is 14.7 Å². The third-order valence-corrected chi connectivity index (χ3v) is 4.77. The Bertz CT molecular complexity index is 1200. The van der Waals surface area contributed by atoms with Gasteiger partial charge in [0.1, 0.15) is 11.3 Å². The van der Waals surface area contributed by atoms with Gasteiger partial charge in [-0.05, 0) is 24.3 Å². The van der Waals surface area contributed by atoms with Gasteiger partial charge in [0, 0.05) is 18.3 Å². The lowest BCUT2D eigenvalue weighted by Crippen LogP contribution is -2.37. The van der Waals surface area contributed by atoms with Gasteiger partial charge in [0.2, 0.25) is 0 Å². The molecule has 33 heavy (non-hydrogen) atoms. The minimum atomic E-state index is -1.11. The second kappa shape index (κ2) is 10.7. The standard InChI is InChI=1S/C26H22N2O5/c1-28(20-16-10-5-11-17-20)25(31)24(30)21(23(29)18-12-6-3-7-13-18)22(26(32)33-2)27-19-14-8-4-9-15-19/h3-17,29H,1-2H3/b23-21-,27-22?. The Hall–Kier alpha value is -4.52. The molecule has 1 N–H and O–H groups in total. The van der Waals surface area contributed by atoms with Crippen molar-refractivity contribution in [1.82, 2.24) is 0 Å². The lowest BCUT2D eigenvalue weighted by Gasteiger charge is -2.18. The van der Waals surface area contributed by atoms with Gasteiger partial charge in [-0.1, -0.05) is 66.7 Å². The molecule has 0 fully saturated rings. The van der Waals surface area contributed by atoms with Crippen LogP contribution in [-0.4, -0.2) is 42.6 Å². The van der Waals surface area contributed by atoms with Crippen molar-refractivity contribution in [3.63, 3.8) is 0 Å². The average molecular weight is 442 g/mol. The molecule has 0 heterocycles. The van der Waals surface area contributed by atoms with Crippen LogP contribution in [0, 0.1) is 0 Å². The summed E-state index contributed by atoms with van der Waals surface area (Å²) in [7, 11) is 2.56. The number of esters is 1. The maximum atomic E-state index is 13.4. The number of methoxy groups -OCH3 is 1. The van der Waals surface area contributed by atoms with Gasteiger partial charge in [0.25, 0.3) is 11.7 Å². The number of hydrogen-bond donors (Lipinski definition) is 1. The number of ether oxygens (including phenoxy) is 1. The SMILES string of the molecule is COC(=O)C(=Nc1ccccc1)/C(C(=O)C(=O)N(C)c1ccccc1)=C(/O)c1ccccc1. The normalized spacial score (nSPS) is 11.9. The van der Waals surface area contributed by atoms with Crippen molar-refractivity contribution in [3.8, 4) is 0 Å². The van der Waals surface area contributed by atoms with E-state index in [0.29, 0.717) is 11.4 Å². The summed E-state index contributed by atoms with van der Waals surface area (Å²) in [6.07, 6.45) is 0. The van der Waals surface area contributed by atoms with Crippen LogP contribution in [0.5, 0.6) is 0 Å². The number of nitrogens with zero attached hydrogens (tertiary/aromatic N) is 2. The van der Waals surface area contributed by atoms with E-state index in [1.807, 2.05) is 0 Å². The summed E-state index contributed by atoms with van der Waals surface area (Å²) in [5.41, 5.74) is 0.0113. The molecule has 166 valence electrons. The fourth-order valence-corrected chi connectivity index (χ4v) is 3.03. The molecular formula is C26H22N2O5. The topological polar surface area (TPSA) is 96.3 Å². The number of rotatable bonds is 7. The van der Waals surface area contributed by atoms with Crippen LogP contribution >= 0.6 is 0 Å². The Labute approximate surface area is 191 Å². The number of aliphatic imine (C=N–C) groups is 1. The van der Waals surface area contributed by atoms with Crippen molar-refractivity contribution in [2.24, 2.45) is 4.99 Å². The first-order valence-corrected chi connectivity index (χ1v) is 10.0.